The molecular weight excluding hydrogens is 514 g/mol. The van der Waals surface area contributed by atoms with Crippen LogP contribution < -0.4 is 0 Å². The van der Waals surface area contributed by atoms with Crippen molar-refractivity contribution in [2.24, 2.45) is 23.7 Å². The molecule has 4 rings (SSSR count). The fourth-order valence-corrected chi connectivity index (χ4v) is 6.07. The lowest BCUT2D eigenvalue weighted by Gasteiger charge is -2.36. The van der Waals surface area contributed by atoms with Gasteiger partial charge in [0.1, 0.15) is 6.10 Å². The van der Waals surface area contributed by atoms with Gasteiger partial charge in [0.25, 0.3) is 0 Å². The van der Waals surface area contributed by atoms with Gasteiger partial charge in [-0.25, -0.2) is 9.59 Å². The minimum absolute atomic E-state index is 0.0505. The molecule has 222 valence electrons. The lowest BCUT2D eigenvalue weighted by molar-refractivity contribution is -0.176. The average Bonchev–Trinajstić information content (AvgIpc) is 3.40. The van der Waals surface area contributed by atoms with Crippen molar-refractivity contribution in [1.29, 1.82) is 0 Å². The van der Waals surface area contributed by atoms with Crippen molar-refractivity contribution in [3.63, 3.8) is 0 Å². The van der Waals surface area contributed by atoms with Crippen LogP contribution in [0.4, 0.5) is 0 Å². The van der Waals surface area contributed by atoms with E-state index in [0.29, 0.717) is 29.9 Å². The SMILES string of the molecule is CC(=O)[C@H](O)[C@@H](O)C(=O)O.CC(C)=CCCN1CC2C(COC(=O)C(O)(c3ccccc3)C3CCCCC3)C2C1. The molecule has 5 atom stereocenters. The fraction of sp³-hybridized carbons (Fsp3) is 0.645. The first kappa shape index (κ1) is 31.9. The molecular formula is C31H45NO8. The van der Waals surface area contributed by atoms with E-state index in [-0.39, 0.29) is 5.92 Å². The van der Waals surface area contributed by atoms with Gasteiger partial charge in [-0.15, -0.1) is 0 Å². The molecule has 9 heteroatoms. The maximum Gasteiger partial charge on any atom is 0.343 e. The summed E-state index contributed by atoms with van der Waals surface area (Å²) in [4.78, 5) is 35.8. The lowest BCUT2D eigenvalue weighted by atomic mass is 9.73. The number of ketones is 1. The second-order valence-electron chi connectivity index (χ2n) is 11.7. The van der Waals surface area contributed by atoms with Gasteiger partial charge < -0.3 is 30.1 Å². The van der Waals surface area contributed by atoms with Crippen LogP contribution in [0.2, 0.25) is 0 Å². The van der Waals surface area contributed by atoms with Crippen molar-refractivity contribution in [3.05, 3.63) is 47.5 Å². The second-order valence-corrected chi connectivity index (χ2v) is 11.7. The molecule has 9 nitrogen and oxygen atoms in total. The number of aliphatic hydroxyl groups is 3. The predicted molar refractivity (Wildman–Crippen MR) is 149 cm³/mol. The number of hydrogen-bond acceptors (Lipinski definition) is 8. The van der Waals surface area contributed by atoms with Crippen LogP contribution in [0, 0.1) is 23.7 Å². The van der Waals surface area contributed by atoms with E-state index in [1.54, 1.807) is 0 Å². The molecule has 1 saturated heterocycles. The van der Waals surface area contributed by atoms with Gasteiger partial charge in [-0.05, 0) is 57.4 Å². The normalized spacial score (nSPS) is 25.3. The number of piperidine rings is 1. The molecule has 1 aromatic carbocycles. The molecule has 3 aliphatic rings. The summed E-state index contributed by atoms with van der Waals surface area (Å²) in [6.45, 7) is 9.12. The Bertz CT molecular complexity index is 1000. The Morgan fingerprint density at radius 1 is 1.00 bits per heavy atom. The number of aliphatic carboxylic acids is 1. The Balaban J connectivity index is 0.000000378. The van der Waals surface area contributed by atoms with E-state index in [0.717, 1.165) is 58.7 Å². The number of carbonyl (C=O) groups is 3. The Labute approximate surface area is 236 Å². The maximum absolute atomic E-state index is 13.2. The van der Waals surface area contributed by atoms with Crippen LogP contribution in [-0.2, 0) is 24.7 Å². The summed E-state index contributed by atoms with van der Waals surface area (Å²) in [6, 6.07) is 9.44. The molecule has 40 heavy (non-hydrogen) atoms. The third kappa shape index (κ3) is 8.00. The third-order valence-electron chi connectivity index (χ3n) is 8.54. The number of esters is 1. The molecule has 2 saturated carbocycles. The highest BCUT2D eigenvalue weighted by atomic mass is 16.6. The highest BCUT2D eigenvalue weighted by Gasteiger charge is 2.56. The molecule has 2 aliphatic carbocycles. The van der Waals surface area contributed by atoms with E-state index < -0.39 is 35.5 Å². The highest BCUT2D eigenvalue weighted by molar-refractivity contribution is 5.87. The zero-order valence-corrected chi connectivity index (χ0v) is 23.9. The maximum atomic E-state index is 13.2. The number of ether oxygens (including phenoxy) is 1. The van der Waals surface area contributed by atoms with Gasteiger partial charge in [0.2, 0.25) is 0 Å². The zero-order chi connectivity index (χ0) is 29.4. The van der Waals surface area contributed by atoms with E-state index in [2.05, 4.69) is 24.8 Å². The monoisotopic (exact) mass is 559 g/mol. The molecule has 3 unspecified atom stereocenters. The minimum Gasteiger partial charge on any atom is -0.479 e. The molecule has 1 aliphatic heterocycles. The van der Waals surface area contributed by atoms with Crippen LogP contribution in [0.3, 0.4) is 0 Å². The topological polar surface area (TPSA) is 145 Å². The number of likely N-dealkylation sites (tertiary alicyclic amines) is 1. The quantitative estimate of drug-likeness (QED) is 0.238. The first-order valence-corrected chi connectivity index (χ1v) is 14.4. The molecule has 3 fully saturated rings. The van der Waals surface area contributed by atoms with Gasteiger partial charge >= 0.3 is 11.9 Å². The van der Waals surface area contributed by atoms with Crippen LogP contribution >= 0.6 is 0 Å². The Kier molecular flexibility index (Phi) is 11.5. The molecule has 4 N–H and O–H groups in total. The smallest absolute Gasteiger partial charge is 0.343 e. The van der Waals surface area contributed by atoms with Crippen molar-refractivity contribution in [2.45, 2.75) is 77.1 Å². The summed E-state index contributed by atoms with van der Waals surface area (Å²) >= 11 is 0. The summed E-state index contributed by atoms with van der Waals surface area (Å²) in [6.07, 6.45) is 4.68. The van der Waals surface area contributed by atoms with Crippen LogP contribution in [0.15, 0.2) is 42.0 Å². The van der Waals surface area contributed by atoms with Crippen molar-refractivity contribution in [3.8, 4) is 0 Å². The number of fused-ring (bicyclic) bond motifs is 1. The standard InChI is InChI=1S/C26H37NO3.C5H8O5/c1-19(2)10-9-15-27-16-22-23(17-27)24(22)18-30-25(28)26(29,20-11-5-3-6-12-20)21-13-7-4-8-14-21;1-2(6)3(7)4(8)5(9)10/h3,5-6,10-12,21-24,29H,4,7-9,13-18H2,1-2H3;3-4,7-8H,1H3,(H,9,10)/t;3-,4+/m.0/s1. The number of Topliss-reactive ketones (excluding diaryl/α,β-unsaturated/α-hetero) is 1. The first-order valence-electron chi connectivity index (χ1n) is 14.4. The van der Waals surface area contributed by atoms with E-state index in [9.17, 15) is 19.5 Å². The molecule has 0 aromatic heterocycles. The molecule has 1 heterocycles. The van der Waals surface area contributed by atoms with Crippen molar-refractivity contribution in [2.75, 3.05) is 26.2 Å². The van der Waals surface area contributed by atoms with Crippen molar-refractivity contribution >= 4 is 17.7 Å². The number of benzene rings is 1. The molecule has 0 bridgehead atoms. The average molecular weight is 560 g/mol. The number of aliphatic hydroxyl groups excluding tert-OH is 2. The number of allylic oxidation sites excluding steroid dienone is 1. The summed E-state index contributed by atoms with van der Waals surface area (Å²) < 4.78 is 5.81. The summed E-state index contributed by atoms with van der Waals surface area (Å²) in [5, 5.41) is 36.7. The van der Waals surface area contributed by atoms with Gasteiger partial charge in [-0.1, -0.05) is 61.2 Å². The van der Waals surface area contributed by atoms with E-state index in [1.165, 1.54) is 12.0 Å². The number of nitrogens with zero attached hydrogens (tertiary/aromatic N) is 1. The van der Waals surface area contributed by atoms with Gasteiger partial charge in [0, 0.05) is 31.5 Å². The molecule has 0 spiro atoms. The third-order valence-corrected chi connectivity index (χ3v) is 8.54. The van der Waals surface area contributed by atoms with E-state index in [4.69, 9.17) is 20.1 Å². The summed E-state index contributed by atoms with van der Waals surface area (Å²) in [7, 11) is 0. The zero-order valence-electron chi connectivity index (χ0n) is 23.9. The van der Waals surface area contributed by atoms with E-state index >= 15 is 0 Å². The van der Waals surface area contributed by atoms with E-state index in [1.807, 2.05) is 30.3 Å². The van der Waals surface area contributed by atoms with Crippen LogP contribution in [0.1, 0.15) is 64.9 Å². The predicted octanol–water partition coefficient (Wildman–Crippen LogP) is 2.91. The number of hydrogen-bond donors (Lipinski definition) is 4. The van der Waals surface area contributed by atoms with Gasteiger partial charge in [0.05, 0.1) is 6.61 Å². The molecule has 1 aromatic rings. The second kappa shape index (κ2) is 14.3. The first-order chi connectivity index (χ1) is 19.0. The van der Waals surface area contributed by atoms with Crippen LogP contribution in [-0.4, -0.2) is 81.5 Å². The Hall–Kier alpha value is -2.59. The van der Waals surface area contributed by atoms with Crippen LogP contribution in [0.5, 0.6) is 0 Å². The minimum atomic E-state index is -2.02. The molecule has 0 amide bonds. The fourth-order valence-electron chi connectivity index (χ4n) is 6.07. The summed E-state index contributed by atoms with van der Waals surface area (Å²) in [5.74, 6) is -1.08. The van der Waals surface area contributed by atoms with Crippen LogP contribution in [0.25, 0.3) is 0 Å². The number of rotatable bonds is 11. The van der Waals surface area contributed by atoms with Gasteiger partial charge in [-0.2, -0.15) is 0 Å². The van der Waals surface area contributed by atoms with Crippen molar-refractivity contribution < 1.29 is 39.5 Å². The number of carboxylic acids is 1. The lowest BCUT2D eigenvalue weighted by Crippen LogP contribution is -2.45. The summed E-state index contributed by atoms with van der Waals surface area (Å²) in [5.41, 5.74) is 0.554. The number of carbonyl (C=O) groups excluding carboxylic acids is 2. The largest absolute Gasteiger partial charge is 0.479 e. The Morgan fingerprint density at radius 2 is 1.60 bits per heavy atom. The van der Waals surface area contributed by atoms with Gasteiger partial charge in [0.15, 0.2) is 17.5 Å². The van der Waals surface area contributed by atoms with Gasteiger partial charge in [-0.3, -0.25) is 4.79 Å². The highest BCUT2D eigenvalue weighted by Crippen LogP contribution is 2.52. The van der Waals surface area contributed by atoms with Crippen molar-refractivity contribution in [1.82, 2.24) is 4.90 Å². The Morgan fingerprint density at radius 3 is 2.10 bits per heavy atom. The number of carboxylic acid groups (broad SMARTS) is 1. The molecule has 0 radical (unpaired) electrons.